The first-order chi connectivity index (χ1) is 18.3. The third-order valence-corrected chi connectivity index (χ3v) is 9.00. The minimum atomic E-state index is -0.789. The van der Waals surface area contributed by atoms with E-state index in [1.807, 2.05) is 35.2 Å². The zero-order chi connectivity index (χ0) is 26.9. The predicted molar refractivity (Wildman–Crippen MR) is 149 cm³/mol. The fourth-order valence-corrected chi connectivity index (χ4v) is 6.62. The summed E-state index contributed by atoms with van der Waals surface area (Å²) < 4.78 is 13.7. The summed E-state index contributed by atoms with van der Waals surface area (Å²) >= 11 is 1.76. The van der Waals surface area contributed by atoms with Crippen molar-refractivity contribution in [2.24, 2.45) is 0 Å². The van der Waals surface area contributed by atoms with Crippen LogP contribution in [-0.2, 0) is 15.1 Å². The van der Waals surface area contributed by atoms with Gasteiger partial charge in [-0.25, -0.2) is 4.39 Å². The van der Waals surface area contributed by atoms with Gasteiger partial charge in [-0.2, -0.15) is 0 Å². The zero-order valence-corrected chi connectivity index (χ0v) is 22.7. The van der Waals surface area contributed by atoms with E-state index in [1.54, 1.807) is 30.5 Å². The van der Waals surface area contributed by atoms with Gasteiger partial charge >= 0.3 is 0 Å². The first-order valence-electron chi connectivity index (χ1n) is 12.9. The van der Waals surface area contributed by atoms with E-state index in [-0.39, 0.29) is 23.2 Å². The number of nitrogens with zero attached hydrogens (tertiary/aromatic N) is 2. The molecule has 4 aromatic rings. The molecule has 1 aliphatic rings. The summed E-state index contributed by atoms with van der Waals surface area (Å²) in [5, 5.41) is 5.93. The van der Waals surface area contributed by atoms with Crippen molar-refractivity contribution >= 4 is 34.1 Å². The first kappa shape index (κ1) is 26.1. The van der Waals surface area contributed by atoms with E-state index >= 15 is 0 Å². The van der Waals surface area contributed by atoms with Gasteiger partial charge in [0.25, 0.3) is 0 Å². The summed E-state index contributed by atoms with van der Waals surface area (Å²) in [5.74, 6) is -1.22. The maximum atomic E-state index is 13.9. The van der Waals surface area contributed by atoms with Crippen LogP contribution in [0.3, 0.4) is 0 Å². The van der Waals surface area contributed by atoms with E-state index in [0.29, 0.717) is 18.6 Å². The van der Waals surface area contributed by atoms with Gasteiger partial charge in [0.1, 0.15) is 11.9 Å². The number of H-pyrrole nitrogens is 1. The van der Waals surface area contributed by atoms with Gasteiger partial charge in [-0.15, -0.1) is 11.3 Å². The smallest absolute Gasteiger partial charge is 0.249 e. The molecule has 5 rings (SSSR count). The number of carbonyl (C=O) groups is 2. The average Bonchev–Trinajstić information content (AvgIpc) is 3.62. The molecule has 2 N–H and O–H groups in total. The molecule has 1 aliphatic heterocycles. The van der Waals surface area contributed by atoms with Crippen LogP contribution in [0.25, 0.3) is 10.9 Å². The van der Waals surface area contributed by atoms with Crippen LogP contribution in [0, 0.1) is 5.82 Å². The van der Waals surface area contributed by atoms with Gasteiger partial charge in [-0.1, -0.05) is 36.4 Å². The van der Waals surface area contributed by atoms with Crippen LogP contribution in [0.5, 0.6) is 0 Å². The Morgan fingerprint density at radius 3 is 2.47 bits per heavy atom. The van der Waals surface area contributed by atoms with Gasteiger partial charge < -0.3 is 15.2 Å². The number of likely N-dealkylation sites (tertiary alicyclic amines) is 1. The Labute approximate surface area is 226 Å². The molecule has 2 aromatic carbocycles. The highest BCUT2D eigenvalue weighted by Crippen LogP contribution is 2.40. The lowest BCUT2D eigenvalue weighted by Gasteiger charge is -2.46. The SMILES string of the molecule is CC(C(=O)NC(C(=O)N1CCC(c2cccs2)(N(C)C)CC1)c1ccccc1)c1c[nH]c2cc(F)ccc12. The van der Waals surface area contributed by atoms with E-state index in [2.05, 4.69) is 46.8 Å². The van der Waals surface area contributed by atoms with Crippen LogP contribution in [0.4, 0.5) is 4.39 Å². The van der Waals surface area contributed by atoms with Crippen LogP contribution < -0.4 is 5.32 Å². The van der Waals surface area contributed by atoms with E-state index in [9.17, 15) is 14.0 Å². The van der Waals surface area contributed by atoms with Crippen molar-refractivity contribution in [3.8, 4) is 0 Å². The summed E-state index contributed by atoms with van der Waals surface area (Å²) in [6, 6.07) is 17.4. The average molecular weight is 533 g/mol. The number of halogens is 1. The van der Waals surface area contributed by atoms with Crippen LogP contribution in [0.2, 0.25) is 0 Å². The number of piperidine rings is 1. The highest BCUT2D eigenvalue weighted by molar-refractivity contribution is 7.10. The van der Waals surface area contributed by atoms with Crippen molar-refractivity contribution in [2.45, 2.75) is 37.3 Å². The Morgan fingerprint density at radius 2 is 1.82 bits per heavy atom. The molecule has 3 heterocycles. The first-order valence-corrected chi connectivity index (χ1v) is 13.8. The molecule has 38 heavy (non-hydrogen) atoms. The van der Waals surface area contributed by atoms with Crippen LogP contribution in [-0.4, -0.2) is 53.8 Å². The number of thiophene rings is 1. The van der Waals surface area contributed by atoms with Crippen LogP contribution in [0.15, 0.2) is 72.2 Å². The van der Waals surface area contributed by atoms with Crippen molar-refractivity contribution in [3.63, 3.8) is 0 Å². The summed E-state index contributed by atoms with van der Waals surface area (Å²) in [6.07, 6.45) is 3.39. The van der Waals surface area contributed by atoms with E-state index in [4.69, 9.17) is 0 Å². The fourth-order valence-electron chi connectivity index (χ4n) is 5.56. The van der Waals surface area contributed by atoms with Crippen molar-refractivity contribution in [1.29, 1.82) is 0 Å². The maximum absolute atomic E-state index is 13.9. The molecule has 2 aromatic heterocycles. The van der Waals surface area contributed by atoms with Gasteiger partial charge in [0, 0.05) is 35.1 Å². The molecule has 0 aliphatic carbocycles. The van der Waals surface area contributed by atoms with Crippen molar-refractivity contribution < 1.29 is 14.0 Å². The molecule has 0 bridgehead atoms. The number of nitrogens with one attached hydrogen (secondary N) is 2. The number of hydrogen-bond donors (Lipinski definition) is 2. The Bertz CT molecular complexity index is 1410. The second kappa shape index (κ2) is 10.7. The third-order valence-electron chi connectivity index (χ3n) is 7.94. The van der Waals surface area contributed by atoms with Gasteiger partial charge in [0.15, 0.2) is 0 Å². The number of aromatic amines is 1. The monoisotopic (exact) mass is 532 g/mol. The van der Waals surface area contributed by atoms with Crippen molar-refractivity contribution in [2.75, 3.05) is 27.2 Å². The van der Waals surface area contributed by atoms with Gasteiger partial charge in [0.05, 0.1) is 11.5 Å². The van der Waals surface area contributed by atoms with Crippen molar-refractivity contribution in [3.05, 3.63) is 94.1 Å². The van der Waals surface area contributed by atoms with E-state index < -0.39 is 12.0 Å². The quantitative estimate of drug-likeness (QED) is 0.335. The highest BCUT2D eigenvalue weighted by atomic mass is 32.1. The van der Waals surface area contributed by atoms with Crippen molar-refractivity contribution in [1.82, 2.24) is 20.1 Å². The molecule has 6 nitrogen and oxygen atoms in total. The molecule has 1 fully saturated rings. The van der Waals surface area contributed by atoms with Gasteiger partial charge in [-0.3, -0.25) is 14.5 Å². The number of rotatable bonds is 7. The Kier molecular flexibility index (Phi) is 7.36. The van der Waals surface area contributed by atoms with E-state index in [0.717, 1.165) is 29.4 Å². The summed E-state index contributed by atoms with van der Waals surface area (Å²) in [5.41, 5.74) is 2.06. The second-order valence-electron chi connectivity index (χ2n) is 10.2. The fraction of sp³-hybridized carbons (Fsp3) is 0.333. The summed E-state index contributed by atoms with van der Waals surface area (Å²) in [6.45, 7) is 3.02. The normalized spacial score (nSPS) is 16.9. The predicted octanol–water partition coefficient (Wildman–Crippen LogP) is 5.41. The molecule has 8 heteroatoms. The lowest BCUT2D eigenvalue weighted by molar-refractivity contribution is -0.139. The highest BCUT2D eigenvalue weighted by Gasteiger charge is 2.41. The second-order valence-corrected chi connectivity index (χ2v) is 11.2. The number of amides is 2. The van der Waals surface area contributed by atoms with Crippen LogP contribution >= 0.6 is 11.3 Å². The molecule has 2 unspecified atom stereocenters. The Hall–Kier alpha value is -3.49. The summed E-state index contributed by atoms with van der Waals surface area (Å²) in [7, 11) is 4.20. The van der Waals surface area contributed by atoms with Crippen LogP contribution in [0.1, 0.15) is 47.7 Å². The number of benzene rings is 2. The maximum Gasteiger partial charge on any atom is 0.249 e. The number of carbonyl (C=O) groups excluding carboxylic acids is 2. The number of aromatic nitrogens is 1. The molecular formula is C30H33FN4O2S. The minimum absolute atomic E-state index is 0.0975. The minimum Gasteiger partial charge on any atom is -0.361 e. The molecule has 2 amide bonds. The molecule has 2 atom stereocenters. The number of hydrogen-bond acceptors (Lipinski definition) is 4. The van der Waals surface area contributed by atoms with E-state index in [1.165, 1.54) is 17.0 Å². The topological polar surface area (TPSA) is 68.4 Å². The molecule has 198 valence electrons. The summed E-state index contributed by atoms with van der Waals surface area (Å²) in [4.78, 5) is 35.9. The Balaban J connectivity index is 1.36. The molecule has 0 spiro atoms. The lowest BCUT2D eigenvalue weighted by atomic mass is 9.84. The van der Waals surface area contributed by atoms with Gasteiger partial charge in [-0.05, 0) is 74.6 Å². The zero-order valence-electron chi connectivity index (χ0n) is 21.9. The molecule has 1 saturated heterocycles. The Morgan fingerprint density at radius 1 is 1.08 bits per heavy atom. The van der Waals surface area contributed by atoms with Gasteiger partial charge in [0.2, 0.25) is 11.8 Å². The largest absolute Gasteiger partial charge is 0.361 e. The lowest BCUT2D eigenvalue weighted by Crippen LogP contribution is -2.53. The third kappa shape index (κ3) is 4.86. The molecule has 0 radical (unpaired) electrons. The standard InChI is InChI=1S/C30H33FN4O2S/c1-20(24-19-32-25-18-22(31)11-12-23(24)25)28(36)33-27(21-8-5-4-6-9-21)29(37)35-15-13-30(14-16-35,34(2)3)26-10-7-17-38-26/h4-12,17-20,27,32H,13-16H2,1-3H3,(H,33,36). The molecular weight excluding hydrogens is 499 g/mol. The molecule has 0 saturated carbocycles. The number of fused-ring (bicyclic) bond motifs is 1.